The summed E-state index contributed by atoms with van der Waals surface area (Å²) in [6, 6.07) is 7.38. The van der Waals surface area contributed by atoms with Crippen molar-refractivity contribution in [1.82, 2.24) is 0 Å². The molecule has 0 saturated carbocycles. The van der Waals surface area contributed by atoms with Crippen molar-refractivity contribution in [2.24, 2.45) is 0 Å². The largest absolute Gasteiger partial charge is 0.489 e. The SMILES string of the molecule is Nc1ccccc1OCCOCCOCCOCCOCCOCCOCCOCCOCCOCCOC1CCCCO1. The second-order valence-electron chi connectivity index (χ2n) is 9.56. The Morgan fingerprint density at radius 1 is 0.500 bits per heavy atom. The maximum atomic E-state index is 5.82. The highest BCUT2D eigenvalue weighted by Crippen LogP contribution is 2.19. The predicted octanol–water partition coefficient (Wildman–Crippen LogP) is 2.34. The van der Waals surface area contributed by atoms with Crippen LogP contribution in [0, 0.1) is 0 Å². The van der Waals surface area contributed by atoms with Crippen molar-refractivity contribution in [3.63, 3.8) is 0 Å². The van der Waals surface area contributed by atoms with Gasteiger partial charge >= 0.3 is 0 Å². The molecular formula is C31H55NO12. The number of nitrogen functional groups attached to an aromatic ring is 1. The second-order valence-corrected chi connectivity index (χ2v) is 9.56. The molecule has 1 heterocycles. The molecule has 2 N–H and O–H groups in total. The summed E-state index contributed by atoms with van der Waals surface area (Å²) in [5.41, 5.74) is 6.44. The maximum absolute atomic E-state index is 5.82. The van der Waals surface area contributed by atoms with Crippen molar-refractivity contribution >= 4 is 5.69 Å². The molecule has 1 saturated heterocycles. The lowest BCUT2D eigenvalue weighted by atomic mass is 10.2. The third-order valence-electron chi connectivity index (χ3n) is 6.05. The fourth-order valence-electron chi connectivity index (χ4n) is 3.77. The first-order valence-corrected chi connectivity index (χ1v) is 15.8. The highest BCUT2D eigenvalue weighted by Gasteiger charge is 2.13. The smallest absolute Gasteiger partial charge is 0.157 e. The van der Waals surface area contributed by atoms with Gasteiger partial charge < -0.3 is 62.6 Å². The van der Waals surface area contributed by atoms with Crippen molar-refractivity contribution in [3.8, 4) is 5.75 Å². The topological polar surface area (TPSA) is 137 Å². The molecule has 13 nitrogen and oxygen atoms in total. The van der Waals surface area contributed by atoms with Crippen molar-refractivity contribution in [2.45, 2.75) is 25.6 Å². The van der Waals surface area contributed by atoms with Crippen molar-refractivity contribution in [1.29, 1.82) is 0 Å². The summed E-state index contributed by atoms with van der Waals surface area (Å²) in [4.78, 5) is 0. The molecule has 1 unspecified atom stereocenters. The first-order chi connectivity index (χ1) is 21.9. The summed E-state index contributed by atoms with van der Waals surface area (Å²) < 4.78 is 66.0. The molecule has 0 radical (unpaired) electrons. The minimum absolute atomic E-state index is 0.0657. The summed E-state index contributed by atoms with van der Waals surface area (Å²) in [6.07, 6.45) is 3.19. The van der Waals surface area contributed by atoms with E-state index in [-0.39, 0.29) is 6.29 Å². The number of ether oxygens (including phenoxy) is 12. The van der Waals surface area contributed by atoms with Crippen LogP contribution >= 0.6 is 0 Å². The quantitative estimate of drug-likeness (QED) is 0.0919. The Balaban J connectivity index is 1.14. The van der Waals surface area contributed by atoms with E-state index in [1.165, 1.54) is 6.42 Å². The Morgan fingerprint density at radius 2 is 0.886 bits per heavy atom. The molecule has 0 bridgehead atoms. The standard InChI is InChI=1S/C31H55NO12/c32-29-5-1-2-6-30(29)42-27-25-40-23-21-38-19-17-36-15-13-34-11-9-33-10-12-35-14-16-37-18-20-39-22-24-41-26-28-44-31-7-3-4-8-43-31/h1-2,5-6,31H,3-4,7-28,32H2. The Labute approximate surface area is 262 Å². The highest BCUT2D eigenvalue weighted by atomic mass is 16.7. The molecule has 2 rings (SSSR count). The molecule has 0 amide bonds. The molecule has 1 aliphatic heterocycles. The molecule has 0 aliphatic carbocycles. The molecule has 44 heavy (non-hydrogen) atoms. The van der Waals surface area contributed by atoms with Crippen LogP contribution in [0.15, 0.2) is 24.3 Å². The summed E-state index contributed by atoms with van der Waals surface area (Å²) in [6.45, 7) is 11.0. The van der Waals surface area contributed by atoms with Crippen molar-refractivity contribution < 1.29 is 56.8 Å². The minimum atomic E-state index is -0.0657. The molecule has 1 aromatic rings. The lowest BCUT2D eigenvalue weighted by Crippen LogP contribution is -2.24. The molecule has 13 heteroatoms. The van der Waals surface area contributed by atoms with Crippen LogP contribution in [-0.4, -0.2) is 145 Å². The van der Waals surface area contributed by atoms with E-state index in [1.54, 1.807) is 6.07 Å². The summed E-state index contributed by atoms with van der Waals surface area (Å²) >= 11 is 0. The minimum Gasteiger partial charge on any atom is -0.489 e. The van der Waals surface area contributed by atoms with Crippen LogP contribution in [0.5, 0.6) is 5.75 Å². The number of nitrogens with two attached hydrogens (primary N) is 1. The Bertz CT molecular complexity index is 741. The zero-order chi connectivity index (χ0) is 31.0. The van der Waals surface area contributed by atoms with Crippen LogP contribution in [0.2, 0.25) is 0 Å². The first kappa shape index (κ1) is 38.6. The van der Waals surface area contributed by atoms with Gasteiger partial charge in [-0.2, -0.15) is 0 Å². The third-order valence-corrected chi connectivity index (χ3v) is 6.05. The van der Waals surface area contributed by atoms with E-state index in [0.29, 0.717) is 144 Å². The molecule has 0 aromatic heterocycles. The number of benzene rings is 1. The van der Waals surface area contributed by atoms with Crippen LogP contribution in [-0.2, 0) is 52.1 Å². The van der Waals surface area contributed by atoms with E-state index in [0.717, 1.165) is 19.4 Å². The molecule has 1 aliphatic rings. The number of hydrogen-bond acceptors (Lipinski definition) is 13. The van der Waals surface area contributed by atoms with Gasteiger partial charge in [0, 0.05) is 6.61 Å². The second kappa shape index (κ2) is 30.1. The van der Waals surface area contributed by atoms with Crippen LogP contribution < -0.4 is 10.5 Å². The Hall–Kier alpha value is -1.62. The van der Waals surface area contributed by atoms with E-state index >= 15 is 0 Å². The Kier molecular flexibility index (Phi) is 26.3. The van der Waals surface area contributed by atoms with Gasteiger partial charge in [0.2, 0.25) is 0 Å². The van der Waals surface area contributed by atoms with Crippen LogP contribution in [0.25, 0.3) is 0 Å². The average molecular weight is 634 g/mol. The van der Waals surface area contributed by atoms with Gasteiger partial charge in [0.1, 0.15) is 12.4 Å². The monoisotopic (exact) mass is 633 g/mol. The average Bonchev–Trinajstić information content (AvgIpc) is 3.05. The van der Waals surface area contributed by atoms with E-state index in [4.69, 9.17) is 62.6 Å². The fraction of sp³-hybridized carbons (Fsp3) is 0.806. The van der Waals surface area contributed by atoms with Crippen LogP contribution in [0.3, 0.4) is 0 Å². The summed E-state index contributed by atoms with van der Waals surface area (Å²) in [5, 5.41) is 0. The van der Waals surface area contributed by atoms with E-state index in [1.807, 2.05) is 18.2 Å². The molecule has 0 spiro atoms. The zero-order valence-corrected chi connectivity index (χ0v) is 26.3. The van der Waals surface area contributed by atoms with E-state index in [9.17, 15) is 0 Å². The van der Waals surface area contributed by atoms with Gasteiger partial charge in [0.15, 0.2) is 6.29 Å². The number of hydrogen-bond donors (Lipinski definition) is 1. The zero-order valence-electron chi connectivity index (χ0n) is 26.3. The van der Waals surface area contributed by atoms with Gasteiger partial charge in [-0.05, 0) is 31.4 Å². The van der Waals surface area contributed by atoms with Gasteiger partial charge in [-0.15, -0.1) is 0 Å². The summed E-state index contributed by atoms with van der Waals surface area (Å²) in [5.74, 6) is 0.670. The predicted molar refractivity (Wildman–Crippen MR) is 163 cm³/mol. The van der Waals surface area contributed by atoms with Gasteiger partial charge in [0.05, 0.1) is 131 Å². The lowest BCUT2D eigenvalue weighted by Gasteiger charge is -2.22. The van der Waals surface area contributed by atoms with Crippen molar-refractivity contribution in [3.05, 3.63) is 24.3 Å². The molecule has 1 aromatic carbocycles. The van der Waals surface area contributed by atoms with Crippen LogP contribution in [0.1, 0.15) is 19.3 Å². The molecular weight excluding hydrogens is 578 g/mol. The fourth-order valence-corrected chi connectivity index (χ4v) is 3.77. The highest BCUT2D eigenvalue weighted by molar-refractivity contribution is 5.51. The van der Waals surface area contributed by atoms with E-state index < -0.39 is 0 Å². The van der Waals surface area contributed by atoms with Gasteiger partial charge in [-0.1, -0.05) is 12.1 Å². The van der Waals surface area contributed by atoms with Gasteiger partial charge in [-0.3, -0.25) is 0 Å². The molecule has 256 valence electrons. The number of anilines is 1. The van der Waals surface area contributed by atoms with Gasteiger partial charge in [-0.25, -0.2) is 0 Å². The van der Waals surface area contributed by atoms with E-state index in [2.05, 4.69) is 0 Å². The molecule has 1 fully saturated rings. The Morgan fingerprint density at radius 3 is 1.27 bits per heavy atom. The molecule has 1 atom stereocenters. The summed E-state index contributed by atoms with van der Waals surface area (Å²) in [7, 11) is 0. The normalized spacial score (nSPS) is 15.1. The van der Waals surface area contributed by atoms with Crippen LogP contribution in [0.4, 0.5) is 5.69 Å². The maximum Gasteiger partial charge on any atom is 0.157 e. The number of para-hydroxylation sites is 2. The third kappa shape index (κ3) is 23.7. The number of rotatable bonds is 32. The van der Waals surface area contributed by atoms with Crippen molar-refractivity contribution in [2.75, 3.05) is 144 Å². The first-order valence-electron chi connectivity index (χ1n) is 15.8. The lowest BCUT2D eigenvalue weighted by molar-refractivity contribution is -0.169. The van der Waals surface area contributed by atoms with Gasteiger partial charge in [0.25, 0.3) is 0 Å².